The number of amides is 1. The molecule has 1 aromatic carbocycles. The Hall–Kier alpha value is -1.64. The molecule has 3 heteroatoms. The molecule has 0 aliphatic heterocycles. The van der Waals surface area contributed by atoms with Gasteiger partial charge in [0.05, 0.1) is 0 Å². The van der Waals surface area contributed by atoms with Gasteiger partial charge in [0, 0.05) is 17.7 Å². The first kappa shape index (κ1) is 12.4. The lowest BCUT2D eigenvalue weighted by molar-refractivity contribution is -0.117. The Kier molecular flexibility index (Phi) is 3.82. The summed E-state index contributed by atoms with van der Waals surface area (Å²) >= 11 is 0. The Bertz CT molecular complexity index is 374. The van der Waals surface area contributed by atoms with Gasteiger partial charge in [-0.1, -0.05) is 20.8 Å². The van der Waals surface area contributed by atoms with Gasteiger partial charge in [0.15, 0.2) is 0 Å². The van der Waals surface area contributed by atoms with Crippen LogP contribution in [0.4, 0.5) is 5.69 Å². The van der Waals surface area contributed by atoms with Gasteiger partial charge in [0.2, 0.25) is 5.91 Å². The van der Waals surface area contributed by atoms with Crippen molar-refractivity contribution in [2.24, 2.45) is 5.41 Å². The number of carbonyl (C=O) groups excluding carboxylic acids is 2. The van der Waals surface area contributed by atoms with E-state index in [0.29, 0.717) is 12.0 Å². The third kappa shape index (κ3) is 4.26. The summed E-state index contributed by atoms with van der Waals surface area (Å²) < 4.78 is 0. The van der Waals surface area contributed by atoms with Crippen molar-refractivity contribution in [1.82, 2.24) is 0 Å². The number of carbonyl (C=O) groups is 2. The number of anilines is 1. The van der Waals surface area contributed by atoms with Crippen molar-refractivity contribution in [3.8, 4) is 0 Å². The van der Waals surface area contributed by atoms with Crippen LogP contribution in [-0.4, -0.2) is 12.2 Å². The van der Waals surface area contributed by atoms with E-state index in [-0.39, 0.29) is 11.3 Å². The molecule has 0 bridgehead atoms. The van der Waals surface area contributed by atoms with Crippen molar-refractivity contribution in [3.63, 3.8) is 0 Å². The molecule has 1 rings (SSSR count). The van der Waals surface area contributed by atoms with Crippen LogP contribution in [0.15, 0.2) is 24.3 Å². The van der Waals surface area contributed by atoms with E-state index in [1.165, 1.54) is 0 Å². The summed E-state index contributed by atoms with van der Waals surface area (Å²) in [4.78, 5) is 22.0. The number of hydrogen-bond donors (Lipinski definition) is 1. The Balaban J connectivity index is 2.59. The third-order valence-electron chi connectivity index (χ3n) is 2.02. The second-order valence-corrected chi connectivity index (χ2v) is 5.03. The highest BCUT2D eigenvalue weighted by atomic mass is 16.1. The van der Waals surface area contributed by atoms with Crippen LogP contribution in [0.2, 0.25) is 0 Å². The van der Waals surface area contributed by atoms with E-state index >= 15 is 0 Å². The highest BCUT2D eigenvalue weighted by molar-refractivity contribution is 5.91. The van der Waals surface area contributed by atoms with Gasteiger partial charge in [-0.25, -0.2) is 0 Å². The lowest BCUT2D eigenvalue weighted by atomic mass is 9.92. The largest absolute Gasteiger partial charge is 0.326 e. The molecule has 0 unspecified atom stereocenters. The molecule has 0 aliphatic carbocycles. The molecule has 0 saturated heterocycles. The van der Waals surface area contributed by atoms with Gasteiger partial charge in [-0.05, 0) is 29.7 Å². The Morgan fingerprint density at radius 3 is 2.25 bits per heavy atom. The summed E-state index contributed by atoms with van der Waals surface area (Å²) in [6.45, 7) is 6.05. The molecule has 0 spiro atoms. The van der Waals surface area contributed by atoms with Gasteiger partial charge in [-0.3, -0.25) is 9.59 Å². The molecule has 1 amide bonds. The van der Waals surface area contributed by atoms with Gasteiger partial charge in [0.25, 0.3) is 0 Å². The molecule has 0 fully saturated rings. The summed E-state index contributed by atoms with van der Waals surface area (Å²) in [6, 6.07) is 6.81. The van der Waals surface area contributed by atoms with Crippen molar-refractivity contribution in [1.29, 1.82) is 0 Å². The van der Waals surface area contributed by atoms with E-state index in [1.54, 1.807) is 24.3 Å². The fraction of sp³-hybridized carbons (Fsp3) is 0.385. The van der Waals surface area contributed by atoms with Gasteiger partial charge in [0.1, 0.15) is 6.29 Å². The third-order valence-corrected chi connectivity index (χ3v) is 2.02. The quantitative estimate of drug-likeness (QED) is 0.794. The van der Waals surface area contributed by atoms with E-state index < -0.39 is 0 Å². The summed E-state index contributed by atoms with van der Waals surface area (Å²) in [5.74, 6) is -0.00801. The fourth-order valence-corrected chi connectivity index (χ4v) is 1.33. The highest BCUT2D eigenvalue weighted by Crippen LogP contribution is 2.19. The molecule has 0 radical (unpaired) electrons. The number of hydrogen-bond acceptors (Lipinski definition) is 2. The normalized spacial score (nSPS) is 10.9. The SMILES string of the molecule is CC(C)(C)CC(=O)Nc1ccc(C=O)cc1. The first-order valence-electron chi connectivity index (χ1n) is 5.26. The van der Waals surface area contributed by atoms with Crippen LogP contribution in [0.3, 0.4) is 0 Å². The van der Waals surface area contributed by atoms with E-state index in [0.717, 1.165) is 12.0 Å². The molecule has 0 atom stereocenters. The van der Waals surface area contributed by atoms with Gasteiger partial charge >= 0.3 is 0 Å². The minimum absolute atomic E-state index is 0.00801. The summed E-state index contributed by atoms with van der Waals surface area (Å²) in [5, 5.41) is 2.79. The first-order chi connectivity index (χ1) is 7.40. The Morgan fingerprint density at radius 2 is 1.81 bits per heavy atom. The monoisotopic (exact) mass is 219 g/mol. The molecular weight excluding hydrogens is 202 g/mol. The Labute approximate surface area is 95.9 Å². The average molecular weight is 219 g/mol. The molecule has 1 aromatic rings. The zero-order valence-corrected chi connectivity index (χ0v) is 9.91. The lowest BCUT2D eigenvalue weighted by Crippen LogP contribution is -2.19. The van der Waals surface area contributed by atoms with Gasteiger partial charge in [-0.2, -0.15) is 0 Å². The molecule has 3 nitrogen and oxygen atoms in total. The van der Waals surface area contributed by atoms with E-state index in [1.807, 2.05) is 20.8 Å². The molecule has 16 heavy (non-hydrogen) atoms. The number of aldehydes is 1. The van der Waals surface area contributed by atoms with Crippen LogP contribution in [0.1, 0.15) is 37.6 Å². The van der Waals surface area contributed by atoms with Crippen LogP contribution in [0.5, 0.6) is 0 Å². The van der Waals surface area contributed by atoms with E-state index in [4.69, 9.17) is 0 Å². The van der Waals surface area contributed by atoms with Crippen LogP contribution >= 0.6 is 0 Å². The van der Waals surface area contributed by atoms with Crippen molar-refractivity contribution in [3.05, 3.63) is 29.8 Å². The van der Waals surface area contributed by atoms with Crippen LogP contribution in [0, 0.1) is 5.41 Å². The first-order valence-corrected chi connectivity index (χ1v) is 5.26. The van der Waals surface area contributed by atoms with Gasteiger partial charge in [-0.15, -0.1) is 0 Å². The molecule has 0 aliphatic rings. The summed E-state index contributed by atoms with van der Waals surface area (Å²) in [6.07, 6.45) is 1.25. The maximum atomic E-state index is 11.6. The minimum atomic E-state index is -0.0210. The second kappa shape index (κ2) is 4.92. The van der Waals surface area contributed by atoms with Crippen molar-refractivity contribution >= 4 is 17.9 Å². The van der Waals surface area contributed by atoms with Crippen LogP contribution in [0.25, 0.3) is 0 Å². The highest BCUT2D eigenvalue weighted by Gasteiger charge is 2.15. The summed E-state index contributed by atoms with van der Waals surface area (Å²) in [7, 11) is 0. The maximum Gasteiger partial charge on any atom is 0.224 e. The zero-order chi connectivity index (χ0) is 12.2. The molecule has 0 heterocycles. The molecule has 0 saturated carbocycles. The number of benzene rings is 1. The van der Waals surface area contributed by atoms with Gasteiger partial charge < -0.3 is 5.32 Å². The minimum Gasteiger partial charge on any atom is -0.326 e. The Morgan fingerprint density at radius 1 is 1.25 bits per heavy atom. The maximum absolute atomic E-state index is 11.6. The average Bonchev–Trinajstić information content (AvgIpc) is 2.16. The molecular formula is C13H17NO2. The smallest absolute Gasteiger partial charge is 0.224 e. The second-order valence-electron chi connectivity index (χ2n) is 5.03. The van der Waals surface area contributed by atoms with Crippen LogP contribution in [-0.2, 0) is 4.79 Å². The van der Waals surface area contributed by atoms with E-state index in [9.17, 15) is 9.59 Å². The number of rotatable bonds is 3. The standard InChI is InChI=1S/C13H17NO2/c1-13(2,3)8-12(16)14-11-6-4-10(9-15)5-7-11/h4-7,9H,8H2,1-3H3,(H,14,16). The lowest BCUT2D eigenvalue weighted by Gasteiger charge is -2.17. The molecule has 86 valence electrons. The van der Waals surface area contributed by atoms with Crippen LogP contribution < -0.4 is 5.32 Å². The predicted octanol–water partition coefficient (Wildman–Crippen LogP) is 2.87. The summed E-state index contributed by atoms with van der Waals surface area (Å²) in [5.41, 5.74) is 1.31. The van der Waals surface area contributed by atoms with Crippen molar-refractivity contribution in [2.45, 2.75) is 27.2 Å². The van der Waals surface area contributed by atoms with Crippen molar-refractivity contribution < 1.29 is 9.59 Å². The van der Waals surface area contributed by atoms with Crippen molar-refractivity contribution in [2.75, 3.05) is 5.32 Å². The number of nitrogens with one attached hydrogen (secondary N) is 1. The fourth-order valence-electron chi connectivity index (χ4n) is 1.33. The molecule has 1 N–H and O–H groups in total. The molecule has 0 aromatic heterocycles. The zero-order valence-electron chi connectivity index (χ0n) is 9.91. The van der Waals surface area contributed by atoms with E-state index in [2.05, 4.69) is 5.32 Å². The topological polar surface area (TPSA) is 46.2 Å². The predicted molar refractivity (Wildman–Crippen MR) is 64.5 cm³/mol.